The third-order valence-corrected chi connectivity index (χ3v) is 3.30. The standard InChI is InChI=1S/C12H22N2O3/c1-3-10(2)8-11(15)14-6-4-13(5-7-14)9-12(16)17/h10H,3-9H2,1-2H3,(H,16,17). The molecule has 1 saturated heterocycles. The van der Waals surface area contributed by atoms with Gasteiger partial charge in [-0.3, -0.25) is 14.5 Å². The second kappa shape index (κ2) is 6.59. The first-order valence-corrected chi connectivity index (χ1v) is 6.24. The predicted octanol–water partition coefficient (Wildman–Crippen LogP) is 0.651. The quantitative estimate of drug-likeness (QED) is 0.769. The van der Waals surface area contributed by atoms with Gasteiger partial charge < -0.3 is 10.0 Å². The fourth-order valence-electron chi connectivity index (χ4n) is 1.92. The number of carboxylic acids is 1. The minimum Gasteiger partial charge on any atom is -0.480 e. The summed E-state index contributed by atoms with van der Waals surface area (Å²) in [6.45, 7) is 6.89. The minimum absolute atomic E-state index is 0.0768. The SMILES string of the molecule is CCC(C)CC(=O)N1CCN(CC(=O)O)CC1. The molecule has 0 aliphatic carbocycles. The predicted molar refractivity (Wildman–Crippen MR) is 64.7 cm³/mol. The Kier molecular flexibility index (Phi) is 5.41. The van der Waals surface area contributed by atoms with Gasteiger partial charge in [0.1, 0.15) is 0 Å². The highest BCUT2D eigenvalue weighted by molar-refractivity contribution is 5.76. The molecule has 0 saturated carbocycles. The Morgan fingerprint density at radius 1 is 1.24 bits per heavy atom. The number of nitrogens with zero attached hydrogens (tertiary/aromatic N) is 2. The average molecular weight is 242 g/mol. The fraction of sp³-hybridized carbons (Fsp3) is 0.833. The monoisotopic (exact) mass is 242 g/mol. The second-order valence-electron chi connectivity index (χ2n) is 4.77. The molecule has 1 unspecified atom stereocenters. The first-order valence-electron chi connectivity index (χ1n) is 6.24. The van der Waals surface area contributed by atoms with Gasteiger partial charge in [-0.2, -0.15) is 0 Å². The number of amides is 1. The molecule has 0 aromatic carbocycles. The van der Waals surface area contributed by atoms with Gasteiger partial charge in [0.25, 0.3) is 0 Å². The number of aliphatic carboxylic acids is 1. The van der Waals surface area contributed by atoms with Crippen molar-refractivity contribution in [2.75, 3.05) is 32.7 Å². The van der Waals surface area contributed by atoms with Gasteiger partial charge in [0.2, 0.25) is 5.91 Å². The van der Waals surface area contributed by atoms with Gasteiger partial charge in [0.15, 0.2) is 0 Å². The van der Waals surface area contributed by atoms with E-state index in [0.29, 0.717) is 38.5 Å². The Hall–Kier alpha value is -1.10. The van der Waals surface area contributed by atoms with Gasteiger partial charge in [-0.05, 0) is 5.92 Å². The normalized spacial score (nSPS) is 19.1. The van der Waals surface area contributed by atoms with Crippen molar-refractivity contribution in [2.45, 2.75) is 26.7 Å². The third-order valence-electron chi connectivity index (χ3n) is 3.30. The number of carboxylic acid groups (broad SMARTS) is 1. The molecule has 0 bridgehead atoms. The molecule has 5 heteroatoms. The van der Waals surface area contributed by atoms with Crippen molar-refractivity contribution in [3.63, 3.8) is 0 Å². The van der Waals surface area contributed by atoms with Crippen molar-refractivity contribution in [3.05, 3.63) is 0 Å². The molecule has 1 atom stereocenters. The van der Waals surface area contributed by atoms with Crippen LogP contribution in [0.5, 0.6) is 0 Å². The summed E-state index contributed by atoms with van der Waals surface area (Å²) < 4.78 is 0. The van der Waals surface area contributed by atoms with E-state index in [1.807, 2.05) is 9.80 Å². The lowest BCUT2D eigenvalue weighted by Gasteiger charge is -2.34. The molecule has 1 amide bonds. The van der Waals surface area contributed by atoms with Gasteiger partial charge in [0.05, 0.1) is 6.54 Å². The summed E-state index contributed by atoms with van der Waals surface area (Å²) >= 11 is 0. The highest BCUT2D eigenvalue weighted by Crippen LogP contribution is 2.11. The number of hydrogen-bond acceptors (Lipinski definition) is 3. The molecule has 0 spiro atoms. The molecule has 0 aromatic heterocycles. The van der Waals surface area contributed by atoms with Crippen molar-refractivity contribution in [1.29, 1.82) is 0 Å². The van der Waals surface area contributed by atoms with E-state index in [-0.39, 0.29) is 12.5 Å². The maximum atomic E-state index is 11.9. The third kappa shape index (κ3) is 4.73. The molecule has 1 rings (SSSR count). The van der Waals surface area contributed by atoms with Gasteiger partial charge in [0, 0.05) is 32.6 Å². The van der Waals surface area contributed by atoms with E-state index >= 15 is 0 Å². The molecule has 1 aliphatic rings. The van der Waals surface area contributed by atoms with Crippen LogP contribution in [-0.4, -0.2) is 59.5 Å². The number of piperazine rings is 1. The zero-order chi connectivity index (χ0) is 12.8. The molecule has 98 valence electrons. The van der Waals surface area contributed by atoms with Crippen LogP contribution < -0.4 is 0 Å². The second-order valence-corrected chi connectivity index (χ2v) is 4.77. The van der Waals surface area contributed by atoms with Crippen molar-refractivity contribution in [2.24, 2.45) is 5.92 Å². The van der Waals surface area contributed by atoms with Gasteiger partial charge in [-0.15, -0.1) is 0 Å². The van der Waals surface area contributed by atoms with Crippen molar-refractivity contribution in [3.8, 4) is 0 Å². The average Bonchev–Trinajstić information content (AvgIpc) is 2.28. The molecule has 1 N–H and O–H groups in total. The van der Waals surface area contributed by atoms with Crippen LogP contribution in [0.15, 0.2) is 0 Å². The van der Waals surface area contributed by atoms with E-state index in [9.17, 15) is 9.59 Å². The molecule has 0 aromatic rings. The Morgan fingerprint density at radius 3 is 2.29 bits per heavy atom. The zero-order valence-electron chi connectivity index (χ0n) is 10.7. The van der Waals surface area contributed by atoms with E-state index in [4.69, 9.17) is 5.11 Å². The summed E-state index contributed by atoms with van der Waals surface area (Å²) in [5.41, 5.74) is 0. The summed E-state index contributed by atoms with van der Waals surface area (Å²) in [4.78, 5) is 26.2. The lowest BCUT2D eigenvalue weighted by Crippen LogP contribution is -2.50. The summed E-state index contributed by atoms with van der Waals surface area (Å²) in [7, 11) is 0. The van der Waals surface area contributed by atoms with E-state index in [1.165, 1.54) is 0 Å². The molecule has 0 radical (unpaired) electrons. The van der Waals surface area contributed by atoms with Crippen LogP contribution in [0, 0.1) is 5.92 Å². The Bertz CT molecular complexity index is 273. The van der Waals surface area contributed by atoms with E-state index in [2.05, 4.69) is 13.8 Å². The Balaban J connectivity index is 2.31. The van der Waals surface area contributed by atoms with Crippen LogP contribution in [0.25, 0.3) is 0 Å². The molecule has 1 aliphatic heterocycles. The highest BCUT2D eigenvalue weighted by Gasteiger charge is 2.22. The van der Waals surface area contributed by atoms with E-state index < -0.39 is 5.97 Å². The van der Waals surface area contributed by atoms with Crippen LogP contribution >= 0.6 is 0 Å². The molecular weight excluding hydrogens is 220 g/mol. The molecule has 1 heterocycles. The lowest BCUT2D eigenvalue weighted by molar-refractivity contribution is -0.139. The number of rotatable bonds is 5. The van der Waals surface area contributed by atoms with Crippen molar-refractivity contribution < 1.29 is 14.7 Å². The van der Waals surface area contributed by atoms with E-state index in [0.717, 1.165) is 6.42 Å². The highest BCUT2D eigenvalue weighted by atomic mass is 16.4. The largest absolute Gasteiger partial charge is 0.480 e. The first kappa shape index (κ1) is 14.0. The zero-order valence-corrected chi connectivity index (χ0v) is 10.7. The molecule has 5 nitrogen and oxygen atoms in total. The van der Waals surface area contributed by atoms with Crippen LogP contribution in [-0.2, 0) is 9.59 Å². The molecule has 1 fully saturated rings. The maximum absolute atomic E-state index is 11.9. The maximum Gasteiger partial charge on any atom is 0.317 e. The number of carbonyl (C=O) groups excluding carboxylic acids is 1. The summed E-state index contributed by atoms with van der Waals surface area (Å²) in [6.07, 6.45) is 1.63. The molecule has 17 heavy (non-hydrogen) atoms. The summed E-state index contributed by atoms with van der Waals surface area (Å²) in [6, 6.07) is 0. The molecular formula is C12H22N2O3. The first-order chi connectivity index (χ1) is 8.02. The fourth-order valence-corrected chi connectivity index (χ4v) is 1.92. The van der Waals surface area contributed by atoms with Crippen molar-refractivity contribution >= 4 is 11.9 Å². The van der Waals surface area contributed by atoms with Crippen LogP contribution in [0.4, 0.5) is 0 Å². The van der Waals surface area contributed by atoms with Crippen LogP contribution in [0.1, 0.15) is 26.7 Å². The topological polar surface area (TPSA) is 60.9 Å². The summed E-state index contributed by atoms with van der Waals surface area (Å²) in [5, 5.41) is 8.67. The lowest BCUT2D eigenvalue weighted by atomic mass is 10.0. The Labute approximate surface area is 102 Å². The number of carbonyl (C=O) groups is 2. The van der Waals surface area contributed by atoms with Crippen molar-refractivity contribution in [1.82, 2.24) is 9.80 Å². The number of hydrogen-bond donors (Lipinski definition) is 1. The van der Waals surface area contributed by atoms with Crippen LogP contribution in [0.2, 0.25) is 0 Å². The smallest absolute Gasteiger partial charge is 0.317 e. The van der Waals surface area contributed by atoms with Gasteiger partial charge >= 0.3 is 5.97 Å². The van der Waals surface area contributed by atoms with Crippen LogP contribution in [0.3, 0.4) is 0 Å². The van der Waals surface area contributed by atoms with Gasteiger partial charge in [-0.1, -0.05) is 20.3 Å². The van der Waals surface area contributed by atoms with E-state index in [1.54, 1.807) is 0 Å². The minimum atomic E-state index is -0.801. The van der Waals surface area contributed by atoms with Gasteiger partial charge in [-0.25, -0.2) is 0 Å². The summed E-state index contributed by atoms with van der Waals surface area (Å²) in [5.74, 6) is -0.168. The Morgan fingerprint density at radius 2 is 1.82 bits per heavy atom.